The lowest BCUT2D eigenvalue weighted by atomic mass is 9.89. The van der Waals surface area contributed by atoms with Gasteiger partial charge in [-0.15, -0.1) is 6.58 Å². The number of hydrogen-bond donors (Lipinski definition) is 1. The van der Waals surface area contributed by atoms with E-state index in [9.17, 15) is 5.11 Å². The van der Waals surface area contributed by atoms with Crippen LogP contribution in [0.1, 0.15) is 6.42 Å². The predicted octanol–water partition coefficient (Wildman–Crippen LogP) is 1.43. The van der Waals surface area contributed by atoms with Gasteiger partial charge in [0.05, 0.1) is 0 Å². The summed E-state index contributed by atoms with van der Waals surface area (Å²) < 4.78 is 5.12. The van der Waals surface area contributed by atoms with Crippen molar-refractivity contribution in [1.82, 2.24) is 0 Å². The van der Waals surface area contributed by atoms with Gasteiger partial charge in [-0.1, -0.05) is 24.3 Å². The van der Waals surface area contributed by atoms with Crippen LogP contribution in [0.25, 0.3) is 0 Å². The van der Waals surface area contributed by atoms with Crippen molar-refractivity contribution in [2.75, 3.05) is 7.11 Å². The summed E-state index contributed by atoms with van der Waals surface area (Å²) in [5, 5.41) is 10.00. The van der Waals surface area contributed by atoms with Gasteiger partial charge in [0.2, 0.25) is 0 Å². The van der Waals surface area contributed by atoms with Crippen LogP contribution >= 0.6 is 0 Å². The Bertz CT molecular complexity index is 218. The molecule has 2 heteroatoms. The van der Waals surface area contributed by atoms with Gasteiger partial charge >= 0.3 is 0 Å². The minimum absolute atomic E-state index is 0.263. The lowest BCUT2D eigenvalue weighted by Gasteiger charge is -2.31. The van der Waals surface area contributed by atoms with E-state index >= 15 is 0 Å². The Morgan fingerprint density at radius 2 is 2.42 bits per heavy atom. The van der Waals surface area contributed by atoms with Crippen molar-refractivity contribution in [3.05, 3.63) is 37.0 Å². The van der Waals surface area contributed by atoms with E-state index in [1.165, 1.54) is 0 Å². The van der Waals surface area contributed by atoms with E-state index < -0.39 is 5.60 Å². The highest BCUT2D eigenvalue weighted by Crippen LogP contribution is 2.24. The third-order valence-corrected chi connectivity index (χ3v) is 2.00. The first-order valence-electron chi connectivity index (χ1n) is 3.95. The number of methoxy groups -OCH3 is 1. The molecule has 0 radical (unpaired) electrons. The summed E-state index contributed by atoms with van der Waals surface area (Å²) in [6.07, 6.45) is 9.19. The summed E-state index contributed by atoms with van der Waals surface area (Å²) in [4.78, 5) is 0. The van der Waals surface area contributed by atoms with Crippen molar-refractivity contribution in [1.29, 1.82) is 0 Å². The summed E-state index contributed by atoms with van der Waals surface area (Å²) >= 11 is 0. The molecule has 2 nitrogen and oxygen atoms in total. The van der Waals surface area contributed by atoms with Crippen LogP contribution in [0.15, 0.2) is 37.0 Å². The first-order chi connectivity index (χ1) is 5.73. The van der Waals surface area contributed by atoms with Crippen molar-refractivity contribution in [3.63, 3.8) is 0 Å². The maximum absolute atomic E-state index is 10.00. The maximum Gasteiger partial charge on any atom is 0.116 e. The van der Waals surface area contributed by atoms with Gasteiger partial charge < -0.3 is 9.84 Å². The zero-order valence-corrected chi connectivity index (χ0v) is 7.23. The van der Waals surface area contributed by atoms with Crippen molar-refractivity contribution < 1.29 is 9.84 Å². The van der Waals surface area contributed by atoms with E-state index in [0.29, 0.717) is 6.42 Å². The lowest BCUT2D eigenvalue weighted by Crippen LogP contribution is -2.41. The van der Waals surface area contributed by atoms with E-state index in [1.807, 2.05) is 18.2 Å². The summed E-state index contributed by atoms with van der Waals surface area (Å²) in [5.74, 6) is 0. The van der Waals surface area contributed by atoms with Crippen LogP contribution in [0.3, 0.4) is 0 Å². The molecule has 0 aromatic heterocycles. The van der Waals surface area contributed by atoms with E-state index in [-0.39, 0.29) is 6.10 Å². The van der Waals surface area contributed by atoms with Gasteiger partial charge in [-0.3, -0.25) is 0 Å². The van der Waals surface area contributed by atoms with Crippen LogP contribution in [0, 0.1) is 0 Å². The molecule has 1 rings (SSSR count). The highest BCUT2D eigenvalue weighted by molar-refractivity contribution is 5.23. The Hall–Kier alpha value is -0.860. The minimum Gasteiger partial charge on any atom is -0.382 e. The summed E-state index contributed by atoms with van der Waals surface area (Å²) in [5.41, 5.74) is -0.911. The van der Waals surface area contributed by atoms with Crippen LogP contribution in [-0.4, -0.2) is 23.9 Å². The normalized spacial score (nSPS) is 33.7. The predicted molar refractivity (Wildman–Crippen MR) is 48.8 cm³/mol. The number of allylic oxidation sites excluding steroid dienone is 2. The highest BCUT2D eigenvalue weighted by Gasteiger charge is 2.32. The second-order valence-electron chi connectivity index (χ2n) is 2.88. The van der Waals surface area contributed by atoms with Gasteiger partial charge in [0.25, 0.3) is 0 Å². The maximum atomic E-state index is 10.00. The molecule has 1 N–H and O–H groups in total. The van der Waals surface area contributed by atoms with Crippen LogP contribution < -0.4 is 0 Å². The monoisotopic (exact) mass is 166 g/mol. The van der Waals surface area contributed by atoms with Crippen molar-refractivity contribution in [2.24, 2.45) is 0 Å². The molecule has 0 fully saturated rings. The first kappa shape index (κ1) is 9.23. The molecule has 2 unspecified atom stereocenters. The second-order valence-corrected chi connectivity index (χ2v) is 2.88. The molecule has 0 saturated heterocycles. The summed E-state index contributed by atoms with van der Waals surface area (Å²) in [6.45, 7) is 3.60. The fourth-order valence-electron chi connectivity index (χ4n) is 1.35. The fourth-order valence-corrected chi connectivity index (χ4v) is 1.35. The molecular weight excluding hydrogens is 152 g/mol. The average molecular weight is 166 g/mol. The number of ether oxygens (including phenoxy) is 1. The van der Waals surface area contributed by atoms with E-state index in [1.54, 1.807) is 19.3 Å². The van der Waals surface area contributed by atoms with Gasteiger partial charge in [0, 0.05) is 13.5 Å². The number of rotatable bonds is 3. The van der Waals surface area contributed by atoms with Crippen molar-refractivity contribution >= 4 is 0 Å². The van der Waals surface area contributed by atoms with Crippen LogP contribution in [0.4, 0.5) is 0 Å². The molecule has 2 atom stereocenters. The van der Waals surface area contributed by atoms with Gasteiger partial charge in [-0.25, -0.2) is 0 Å². The lowest BCUT2D eigenvalue weighted by molar-refractivity contribution is -0.0358. The molecule has 1 aliphatic rings. The fraction of sp³-hybridized carbons (Fsp3) is 0.400. The third-order valence-electron chi connectivity index (χ3n) is 2.00. The summed E-state index contributed by atoms with van der Waals surface area (Å²) in [6, 6.07) is 0. The molecule has 0 saturated carbocycles. The zero-order chi connectivity index (χ0) is 9.03. The topological polar surface area (TPSA) is 29.5 Å². The molecule has 0 heterocycles. The minimum atomic E-state index is -0.911. The summed E-state index contributed by atoms with van der Waals surface area (Å²) in [7, 11) is 1.59. The quantitative estimate of drug-likeness (QED) is 0.643. The van der Waals surface area contributed by atoms with Gasteiger partial charge in [-0.2, -0.15) is 0 Å². The standard InChI is InChI=1S/C10H14O2/c1-3-7-10(11)8-5-4-6-9(10)12-2/h3-6,8-9,11H,1,7H2,2H3. The molecule has 12 heavy (non-hydrogen) atoms. The largest absolute Gasteiger partial charge is 0.382 e. The Labute approximate surface area is 72.9 Å². The number of hydrogen-bond acceptors (Lipinski definition) is 2. The first-order valence-corrected chi connectivity index (χ1v) is 3.95. The molecule has 0 aromatic carbocycles. The molecule has 1 aliphatic carbocycles. The van der Waals surface area contributed by atoms with Crippen molar-refractivity contribution in [3.8, 4) is 0 Å². The third kappa shape index (κ3) is 1.65. The SMILES string of the molecule is C=CCC1(O)C=CC=CC1OC. The van der Waals surface area contributed by atoms with Gasteiger partial charge in [-0.05, 0) is 6.08 Å². The van der Waals surface area contributed by atoms with Gasteiger partial charge in [0.1, 0.15) is 11.7 Å². The highest BCUT2D eigenvalue weighted by atomic mass is 16.5. The van der Waals surface area contributed by atoms with Gasteiger partial charge in [0.15, 0.2) is 0 Å². The molecule has 0 spiro atoms. The van der Waals surface area contributed by atoms with Crippen molar-refractivity contribution in [2.45, 2.75) is 18.1 Å². The van der Waals surface area contributed by atoms with E-state index in [0.717, 1.165) is 0 Å². The molecule has 0 bridgehead atoms. The molecule has 66 valence electrons. The Morgan fingerprint density at radius 3 is 3.00 bits per heavy atom. The smallest absolute Gasteiger partial charge is 0.116 e. The Balaban J connectivity index is 2.78. The molecular formula is C10H14O2. The zero-order valence-electron chi connectivity index (χ0n) is 7.23. The van der Waals surface area contributed by atoms with E-state index in [4.69, 9.17) is 4.74 Å². The average Bonchev–Trinajstić information content (AvgIpc) is 2.05. The molecule has 0 aromatic rings. The second kappa shape index (κ2) is 3.70. The van der Waals surface area contributed by atoms with Crippen LogP contribution in [-0.2, 0) is 4.74 Å². The van der Waals surface area contributed by atoms with Crippen LogP contribution in [0.2, 0.25) is 0 Å². The molecule has 0 amide bonds. The Kier molecular flexibility index (Phi) is 2.84. The molecule has 0 aliphatic heterocycles. The number of aliphatic hydroxyl groups is 1. The van der Waals surface area contributed by atoms with Crippen LogP contribution in [0.5, 0.6) is 0 Å². The van der Waals surface area contributed by atoms with E-state index in [2.05, 4.69) is 6.58 Å². The Morgan fingerprint density at radius 1 is 1.67 bits per heavy atom.